The molecule has 0 saturated heterocycles. The summed E-state index contributed by atoms with van der Waals surface area (Å²) in [5.74, 6) is 0.737. The molecule has 1 heterocycles. The maximum atomic E-state index is 8.78. The highest BCUT2D eigenvalue weighted by molar-refractivity contribution is 7.10. The predicted octanol–water partition coefficient (Wildman–Crippen LogP) is 3.48. The van der Waals surface area contributed by atoms with Gasteiger partial charge in [0.25, 0.3) is 0 Å². The van der Waals surface area contributed by atoms with E-state index >= 15 is 0 Å². The van der Waals surface area contributed by atoms with Crippen LogP contribution in [-0.4, -0.2) is 6.04 Å². The monoisotopic (exact) mass is 272 g/mol. The molecule has 3 nitrogen and oxygen atoms in total. The fourth-order valence-electron chi connectivity index (χ4n) is 1.78. The summed E-state index contributed by atoms with van der Waals surface area (Å²) in [5.41, 5.74) is 6.77. The van der Waals surface area contributed by atoms with Crippen LogP contribution in [0.15, 0.2) is 41.8 Å². The van der Waals surface area contributed by atoms with Crippen molar-refractivity contribution in [3.8, 4) is 11.8 Å². The zero-order valence-corrected chi connectivity index (χ0v) is 11.6. The zero-order chi connectivity index (χ0) is 13.7. The first kappa shape index (κ1) is 13.6. The second kappa shape index (κ2) is 6.37. The van der Waals surface area contributed by atoms with E-state index in [4.69, 9.17) is 15.7 Å². The third-order valence-electron chi connectivity index (χ3n) is 2.93. The van der Waals surface area contributed by atoms with E-state index < -0.39 is 0 Å². The normalized spacial score (nSPS) is 13.5. The van der Waals surface area contributed by atoms with Gasteiger partial charge in [-0.25, -0.2) is 0 Å². The summed E-state index contributed by atoms with van der Waals surface area (Å²) in [6, 6.07) is 13.2. The summed E-state index contributed by atoms with van der Waals surface area (Å²) in [7, 11) is 0. The van der Waals surface area contributed by atoms with E-state index in [-0.39, 0.29) is 12.1 Å². The van der Waals surface area contributed by atoms with E-state index in [1.807, 2.05) is 36.6 Å². The van der Waals surface area contributed by atoms with Gasteiger partial charge in [0.15, 0.2) is 0 Å². The largest absolute Gasteiger partial charge is 0.483 e. The van der Waals surface area contributed by atoms with Crippen LogP contribution >= 0.6 is 11.3 Å². The minimum Gasteiger partial charge on any atom is -0.483 e. The molecule has 4 heteroatoms. The number of thiophene rings is 1. The fourth-order valence-corrected chi connectivity index (χ4v) is 2.61. The molecule has 0 aliphatic rings. The second-order valence-electron chi connectivity index (χ2n) is 4.26. The number of nitrogens with zero attached hydrogens (tertiary/aromatic N) is 1. The maximum absolute atomic E-state index is 8.78. The molecule has 0 amide bonds. The highest BCUT2D eigenvalue weighted by atomic mass is 32.1. The van der Waals surface area contributed by atoms with Crippen LogP contribution in [0.5, 0.6) is 5.75 Å². The highest BCUT2D eigenvalue weighted by Crippen LogP contribution is 2.28. The molecule has 1 aromatic carbocycles. The van der Waals surface area contributed by atoms with Crippen LogP contribution < -0.4 is 10.5 Å². The first-order chi connectivity index (χ1) is 9.24. The molecule has 0 fully saturated rings. The maximum Gasteiger partial charge on any atom is 0.148 e. The van der Waals surface area contributed by atoms with E-state index in [0.717, 1.165) is 17.0 Å². The van der Waals surface area contributed by atoms with Gasteiger partial charge >= 0.3 is 0 Å². The quantitative estimate of drug-likeness (QED) is 0.906. The molecule has 2 N–H and O–H groups in total. The average Bonchev–Trinajstić information content (AvgIpc) is 2.98. The molecule has 19 heavy (non-hydrogen) atoms. The molecule has 98 valence electrons. The van der Waals surface area contributed by atoms with E-state index in [2.05, 4.69) is 6.07 Å². The first-order valence-corrected chi connectivity index (χ1v) is 7.08. The molecule has 1 aromatic heterocycles. The molecule has 2 unspecified atom stereocenters. The number of nitrogens with two attached hydrogens (primary N) is 1. The molecule has 0 saturated carbocycles. The van der Waals surface area contributed by atoms with Crippen molar-refractivity contribution in [2.45, 2.75) is 25.5 Å². The Morgan fingerprint density at radius 3 is 2.58 bits per heavy atom. The summed E-state index contributed by atoms with van der Waals surface area (Å²) in [4.78, 5) is 1.12. The molecule has 0 spiro atoms. The summed E-state index contributed by atoms with van der Waals surface area (Å²) in [5, 5.41) is 10.8. The topological polar surface area (TPSA) is 59.0 Å². The van der Waals surface area contributed by atoms with Crippen LogP contribution in [0, 0.1) is 11.3 Å². The van der Waals surface area contributed by atoms with Crippen LogP contribution in [0.1, 0.15) is 29.9 Å². The van der Waals surface area contributed by atoms with Gasteiger partial charge in [0.05, 0.1) is 11.6 Å². The van der Waals surface area contributed by atoms with Crippen molar-refractivity contribution in [1.82, 2.24) is 0 Å². The van der Waals surface area contributed by atoms with E-state index in [1.165, 1.54) is 0 Å². The number of hydrogen-bond donors (Lipinski definition) is 1. The molecule has 0 bridgehead atoms. The van der Waals surface area contributed by atoms with E-state index in [9.17, 15) is 0 Å². The van der Waals surface area contributed by atoms with E-state index in [0.29, 0.717) is 5.56 Å². The summed E-state index contributed by atoms with van der Waals surface area (Å²) in [6.07, 6.45) is 0.705. The number of hydrogen-bond acceptors (Lipinski definition) is 4. The Morgan fingerprint density at radius 1 is 1.32 bits per heavy atom. The third kappa shape index (κ3) is 3.34. The van der Waals surface area contributed by atoms with Crippen molar-refractivity contribution in [3.05, 3.63) is 52.2 Å². The van der Waals surface area contributed by atoms with Gasteiger partial charge in [-0.3, -0.25) is 0 Å². The van der Waals surface area contributed by atoms with E-state index in [1.54, 1.807) is 23.5 Å². The lowest BCUT2D eigenvalue weighted by molar-refractivity contribution is 0.174. The number of benzene rings is 1. The van der Waals surface area contributed by atoms with Gasteiger partial charge in [0.2, 0.25) is 0 Å². The van der Waals surface area contributed by atoms with Crippen LogP contribution in [0.25, 0.3) is 0 Å². The molecule has 2 atom stereocenters. The van der Waals surface area contributed by atoms with Gasteiger partial charge in [-0.05, 0) is 42.1 Å². The van der Waals surface area contributed by atoms with Crippen LogP contribution in [-0.2, 0) is 0 Å². The predicted molar refractivity (Wildman–Crippen MR) is 77.1 cm³/mol. The third-order valence-corrected chi connectivity index (χ3v) is 3.86. The summed E-state index contributed by atoms with van der Waals surface area (Å²) >= 11 is 1.64. The lowest BCUT2D eigenvalue weighted by atomic mass is 10.1. The van der Waals surface area contributed by atoms with Crippen LogP contribution in [0.3, 0.4) is 0 Å². The Hall–Kier alpha value is -1.83. The fraction of sp³-hybridized carbons (Fsp3) is 0.267. The molecule has 2 rings (SSSR count). The smallest absolute Gasteiger partial charge is 0.148 e. The van der Waals surface area contributed by atoms with Crippen molar-refractivity contribution < 1.29 is 4.74 Å². The summed E-state index contributed by atoms with van der Waals surface area (Å²) in [6.45, 7) is 2.05. The molecule has 0 aliphatic heterocycles. The molecular formula is C15H16N2OS. The van der Waals surface area contributed by atoms with Crippen molar-refractivity contribution >= 4 is 11.3 Å². The first-order valence-electron chi connectivity index (χ1n) is 6.20. The Balaban J connectivity index is 2.18. The molecular weight excluding hydrogens is 256 g/mol. The van der Waals surface area contributed by atoms with Crippen molar-refractivity contribution in [2.24, 2.45) is 5.73 Å². The van der Waals surface area contributed by atoms with Gasteiger partial charge in [-0.15, -0.1) is 11.3 Å². The standard InChI is InChI=1S/C15H16N2OS/c1-2-13(17)15(14-4-3-9-19-14)18-12-7-5-11(10-16)6-8-12/h3-9,13,15H,2,17H2,1H3. The van der Waals surface area contributed by atoms with Gasteiger partial charge in [0, 0.05) is 10.9 Å². The minimum absolute atomic E-state index is 0.0470. The van der Waals surface area contributed by atoms with Crippen molar-refractivity contribution in [3.63, 3.8) is 0 Å². The van der Waals surface area contributed by atoms with Crippen LogP contribution in [0.2, 0.25) is 0 Å². The van der Waals surface area contributed by atoms with Gasteiger partial charge in [-0.2, -0.15) is 5.26 Å². The van der Waals surface area contributed by atoms with Gasteiger partial charge < -0.3 is 10.5 Å². The second-order valence-corrected chi connectivity index (χ2v) is 5.24. The van der Waals surface area contributed by atoms with Crippen molar-refractivity contribution in [2.75, 3.05) is 0 Å². The Morgan fingerprint density at radius 2 is 2.05 bits per heavy atom. The summed E-state index contributed by atoms with van der Waals surface area (Å²) < 4.78 is 5.99. The molecule has 2 aromatic rings. The number of rotatable bonds is 5. The Kier molecular flexibility index (Phi) is 4.56. The lowest BCUT2D eigenvalue weighted by Gasteiger charge is -2.23. The van der Waals surface area contributed by atoms with Gasteiger partial charge in [0.1, 0.15) is 11.9 Å². The molecule has 0 aliphatic carbocycles. The zero-order valence-electron chi connectivity index (χ0n) is 10.7. The highest BCUT2D eigenvalue weighted by Gasteiger charge is 2.21. The number of ether oxygens (including phenoxy) is 1. The van der Waals surface area contributed by atoms with Gasteiger partial charge in [-0.1, -0.05) is 13.0 Å². The lowest BCUT2D eigenvalue weighted by Crippen LogP contribution is -2.30. The average molecular weight is 272 g/mol. The number of nitriles is 1. The minimum atomic E-state index is -0.141. The molecule has 0 radical (unpaired) electrons. The van der Waals surface area contributed by atoms with Crippen molar-refractivity contribution in [1.29, 1.82) is 5.26 Å². The Labute approximate surface area is 117 Å². The Bertz CT molecular complexity index is 543. The SMILES string of the molecule is CCC(N)C(Oc1ccc(C#N)cc1)c1cccs1. The van der Waals surface area contributed by atoms with Crippen LogP contribution in [0.4, 0.5) is 0 Å².